The first-order valence-electron chi connectivity index (χ1n) is 7.55. The van der Waals surface area contributed by atoms with E-state index in [1.54, 1.807) is 12.1 Å². The van der Waals surface area contributed by atoms with Gasteiger partial charge in [-0.15, -0.1) is 0 Å². The van der Waals surface area contributed by atoms with E-state index in [9.17, 15) is 13.2 Å². The van der Waals surface area contributed by atoms with Gasteiger partial charge in [0.1, 0.15) is 0 Å². The largest absolute Gasteiger partial charge is 0.355 e. The maximum Gasteiger partial charge on any atom is 0.251 e. The van der Waals surface area contributed by atoms with Gasteiger partial charge < -0.3 is 10.2 Å². The third-order valence-corrected chi connectivity index (χ3v) is 5.43. The lowest BCUT2D eigenvalue weighted by Gasteiger charge is -2.27. The van der Waals surface area contributed by atoms with Crippen molar-refractivity contribution in [3.8, 4) is 0 Å². The number of carbonyl (C=O) groups excluding carboxylic acids is 1. The van der Waals surface area contributed by atoms with Gasteiger partial charge in [-0.3, -0.25) is 4.79 Å². The molecule has 0 aliphatic carbocycles. The number of likely N-dealkylation sites (N-methyl/N-ethyl adjacent to an activating group) is 1. The summed E-state index contributed by atoms with van der Waals surface area (Å²) in [6.07, 6.45) is 3.01. The van der Waals surface area contributed by atoms with Gasteiger partial charge in [0.05, 0.1) is 4.90 Å². The quantitative estimate of drug-likeness (QED) is 0.785. The van der Waals surface area contributed by atoms with E-state index >= 15 is 0 Å². The molecule has 1 unspecified atom stereocenters. The second-order valence-electron chi connectivity index (χ2n) is 5.76. The first kappa shape index (κ1) is 17.7. The number of rotatable bonds is 5. The number of amides is 1. The van der Waals surface area contributed by atoms with E-state index in [1.807, 2.05) is 14.0 Å². The van der Waals surface area contributed by atoms with Crippen LogP contribution in [-0.4, -0.2) is 52.5 Å². The van der Waals surface area contributed by atoms with Crippen LogP contribution in [0.4, 0.5) is 0 Å². The van der Waals surface area contributed by atoms with Crippen LogP contribution < -0.4 is 10.0 Å². The molecule has 1 atom stereocenters. The van der Waals surface area contributed by atoms with Crippen molar-refractivity contribution in [1.29, 1.82) is 0 Å². The zero-order chi connectivity index (χ0) is 17.0. The van der Waals surface area contributed by atoms with E-state index in [0.717, 1.165) is 25.1 Å². The van der Waals surface area contributed by atoms with Crippen molar-refractivity contribution >= 4 is 15.9 Å². The summed E-state index contributed by atoms with van der Waals surface area (Å²) in [5, 5.41) is 2.49. The van der Waals surface area contributed by atoms with Crippen molar-refractivity contribution in [3.05, 3.63) is 41.5 Å². The first-order valence-corrected chi connectivity index (χ1v) is 9.04. The predicted molar refractivity (Wildman–Crippen MR) is 89.8 cm³/mol. The summed E-state index contributed by atoms with van der Waals surface area (Å²) in [7, 11) is -0.155. The summed E-state index contributed by atoms with van der Waals surface area (Å²) in [5.41, 5.74) is 1.38. The standard InChI is InChI=1S/C16H23N3O3S/c1-12(14-7-5-9-19(3)11-14)18-23(21,22)15-8-4-6-13(10-15)16(20)17-2/h4,6-8,10,12,18H,5,9,11H2,1-3H3,(H,17,20). The van der Waals surface area contributed by atoms with E-state index in [4.69, 9.17) is 0 Å². The van der Waals surface area contributed by atoms with Crippen LogP contribution in [0.5, 0.6) is 0 Å². The van der Waals surface area contributed by atoms with Gasteiger partial charge in [0.2, 0.25) is 10.0 Å². The molecule has 0 aromatic heterocycles. The fourth-order valence-corrected chi connectivity index (χ4v) is 3.86. The van der Waals surface area contributed by atoms with Crippen molar-refractivity contribution in [3.63, 3.8) is 0 Å². The average Bonchev–Trinajstić information content (AvgIpc) is 2.54. The van der Waals surface area contributed by atoms with E-state index in [0.29, 0.717) is 5.56 Å². The van der Waals surface area contributed by atoms with Crippen molar-refractivity contribution in [2.45, 2.75) is 24.3 Å². The number of sulfonamides is 1. The van der Waals surface area contributed by atoms with Crippen molar-refractivity contribution < 1.29 is 13.2 Å². The molecule has 2 N–H and O–H groups in total. The van der Waals surface area contributed by atoms with Crippen molar-refractivity contribution in [2.75, 3.05) is 27.2 Å². The Morgan fingerprint density at radius 2 is 2.09 bits per heavy atom. The van der Waals surface area contributed by atoms with E-state index in [-0.39, 0.29) is 16.8 Å². The maximum absolute atomic E-state index is 12.5. The molecule has 126 valence electrons. The molecule has 7 heteroatoms. The van der Waals surface area contributed by atoms with Crippen LogP contribution in [0, 0.1) is 0 Å². The molecule has 1 aliphatic rings. The van der Waals surface area contributed by atoms with Gasteiger partial charge >= 0.3 is 0 Å². The highest BCUT2D eigenvalue weighted by molar-refractivity contribution is 7.89. The Bertz CT molecular complexity index is 713. The zero-order valence-electron chi connectivity index (χ0n) is 13.7. The van der Waals surface area contributed by atoms with Crippen molar-refractivity contribution in [2.24, 2.45) is 0 Å². The van der Waals surface area contributed by atoms with Crippen LogP contribution in [0.2, 0.25) is 0 Å². The van der Waals surface area contributed by atoms with Gasteiger partial charge in [0.15, 0.2) is 0 Å². The summed E-state index contributed by atoms with van der Waals surface area (Å²) in [6.45, 7) is 3.57. The minimum atomic E-state index is -3.68. The van der Waals surface area contributed by atoms with Gasteiger partial charge in [-0.05, 0) is 44.2 Å². The fraction of sp³-hybridized carbons (Fsp3) is 0.438. The molecule has 0 saturated carbocycles. The molecule has 0 spiro atoms. The Morgan fingerprint density at radius 1 is 1.35 bits per heavy atom. The third kappa shape index (κ3) is 4.40. The summed E-state index contributed by atoms with van der Waals surface area (Å²) < 4.78 is 27.8. The van der Waals surface area contributed by atoms with E-state index < -0.39 is 10.0 Å². The highest BCUT2D eigenvalue weighted by Gasteiger charge is 2.22. The molecule has 1 amide bonds. The maximum atomic E-state index is 12.5. The molecule has 1 aliphatic heterocycles. The molecule has 1 heterocycles. The molecule has 0 bridgehead atoms. The normalized spacial score (nSPS) is 17.4. The molecule has 23 heavy (non-hydrogen) atoms. The van der Waals surface area contributed by atoms with Gasteiger partial charge in [-0.2, -0.15) is 0 Å². The van der Waals surface area contributed by atoms with Crippen LogP contribution in [0.15, 0.2) is 40.8 Å². The Hall–Kier alpha value is -1.70. The molecule has 0 fully saturated rings. The van der Waals surface area contributed by atoms with Crippen LogP contribution >= 0.6 is 0 Å². The molecule has 2 rings (SSSR count). The Labute approximate surface area is 137 Å². The third-order valence-electron chi connectivity index (χ3n) is 3.89. The average molecular weight is 337 g/mol. The van der Waals surface area contributed by atoms with Crippen LogP contribution in [0.3, 0.4) is 0 Å². The smallest absolute Gasteiger partial charge is 0.251 e. The summed E-state index contributed by atoms with van der Waals surface area (Å²) in [4.78, 5) is 13.9. The SMILES string of the molecule is CNC(=O)c1cccc(S(=O)(=O)NC(C)C2=CCCN(C)C2)c1. The second-order valence-corrected chi connectivity index (χ2v) is 7.47. The highest BCUT2D eigenvalue weighted by atomic mass is 32.2. The molecule has 1 aromatic carbocycles. The molecule has 0 radical (unpaired) electrons. The van der Waals surface area contributed by atoms with E-state index in [2.05, 4.69) is 21.0 Å². The van der Waals surface area contributed by atoms with E-state index in [1.165, 1.54) is 19.2 Å². The lowest BCUT2D eigenvalue weighted by atomic mass is 10.0. The number of nitrogens with one attached hydrogen (secondary N) is 2. The zero-order valence-corrected chi connectivity index (χ0v) is 14.5. The molecular formula is C16H23N3O3S. The molecule has 0 saturated heterocycles. The van der Waals surface area contributed by atoms with Crippen LogP contribution in [0.1, 0.15) is 23.7 Å². The Morgan fingerprint density at radius 3 is 2.74 bits per heavy atom. The topological polar surface area (TPSA) is 78.5 Å². The molecular weight excluding hydrogens is 314 g/mol. The number of hydrogen-bond donors (Lipinski definition) is 2. The highest BCUT2D eigenvalue weighted by Crippen LogP contribution is 2.16. The van der Waals surface area contributed by atoms with Crippen LogP contribution in [0.25, 0.3) is 0 Å². The number of carbonyl (C=O) groups is 1. The lowest BCUT2D eigenvalue weighted by molar-refractivity contribution is 0.0963. The van der Waals surface area contributed by atoms with Gasteiger partial charge in [0, 0.05) is 31.7 Å². The number of hydrogen-bond acceptors (Lipinski definition) is 4. The number of nitrogens with zero attached hydrogens (tertiary/aromatic N) is 1. The van der Waals surface area contributed by atoms with Gasteiger partial charge in [-0.25, -0.2) is 13.1 Å². The summed E-state index contributed by atoms with van der Waals surface area (Å²) in [5.74, 6) is -0.313. The number of benzene rings is 1. The Balaban J connectivity index is 2.18. The minimum Gasteiger partial charge on any atom is -0.355 e. The summed E-state index contributed by atoms with van der Waals surface area (Å²) >= 11 is 0. The predicted octanol–water partition coefficient (Wildman–Crippen LogP) is 0.975. The van der Waals surface area contributed by atoms with Crippen molar-refractivity contribution in [1.82, 2.24) is 14.9 Å². The monoisotopic (exact) mass is 337 g/mol. The molecule has 1 aromatic rings. The lowest BCUT2D eigenvalue weighted by Crippen LogP contribution is -2.39. The van der Waals surface area contributed by atoms with Gasteiger partial charge in [-0.1, -0.05) is 12.1 Å². The molecule has 6 nitrogen and oxygen atoms in total. The second kappa shape index (κ2) is 7.25. The first-order chi connectivity index (χ1) is 10.8. The minimum absolute atomic E-state index is 0.0928. The van der Waals surface area contributed by atoms with Gasteiger partial charge in [0.25, 0.3) is 5.91 Å². The summed E-state index contributed by atoms with van der Waals surface area (Å²) in [6, 6.07) is 5.74. The van der Waals surface area contributed by atoms with Crippen LogP contribution in [-0.2, 0) is 10.0 Å². The Kier molecular flexibility index (Phi) is 5.56. The fourth-order valence-electron chi connectivity index (χ4n) is 2.56.